The maximum Gasteiger partial charge on any atom is 0.180 e. The van der Waals surface area contributed by atoms with Crippen LogP contribution < -0.4 is 4.74 Å². The molecule has 0 aromatic heterocycles. The van der Waals surface area contributed by atoms with E-state index in [0.29, 0.717) is 9.92 Å². The van der Waals surface area contributed by atoms with Crippen molar-refractivity contribution in [2.45, 2.75) is 4.90 Å². The summed E-state index contributed by atoms with van der Waals surface area (Å²) in [5.74, 6) is -0.277. The van der Waals surface area contributed by atoms with Gasteiger partial charge in [-0.2, -0.15) is 0 Å². The van der Waals surface area contributed by atoms with Crippen LogP contribution in [0.25, 0.3) is 0 Å². The summed E-state index contributed by atoms with van der Waals surface area (Å²) >= 11 is 7.00. The van der Waals surface area contributed by atoms with Gasteiger partial charge < -0.3 is 4.74 Å². The first-order chi connectivity index (χ1) is 5.70. The fraction of sp³-hybridized carbons (Fsp3) is 0.250. The van der Waals surface area contributed by atoms with Crippen molar-refractivity contribution < 1.29 is 9.13 Å². The van der Waals surface area contributed by atoms with Crippen LogP contribution in [-0.2, 0) is 0 Å². The molecule has 0 bridgehead atoms. The molecule has 0 heterocycles. The maximum absolute atomic E-state index is 13.3. The smallest absolute Gasteiger partial charge is 0.180 e. The van der Waals surface area contributed by atoms with Gasteiger partial charge in [0.25, 0.3) is 0 Å². The van der Waals surface area contributed by atoms with Crippen LogP contribution in [0, 0.1) is 5.82 Å². The van der Waals surface area contributed by atoms with Crippen LogP contribution in [0.15, 0.2) is 17.0 Å². The minimum Gasteiger partial charge on any atom is -0.492 e. The van der Waals surface area contributed by atoms with Crippen LogP contribution in [0.2, 0.25) is 5.02 Å². The van der Waals surface area contributed by atoms with Gasteiger partial charge in [0, 0.05) is 4.90 Å². The monoisotopic (exact) mass is 206 g/mol. The molecule has 0 N–H and O–H groups in total. The Morgan fingerprint density at radius 2 is 2.17 bits per heavy atom. The second-order valence-corrected chi connectivity index (χ2v) is 3.35. The Balaban J connectivity index is 3.24. The molecule has 0 saturated heterocycles. The highest BCUT2D eigenvalue weighted by Crippen LogP contribution is 2.33. The molecule has 1 nitrogen and oxygen atoms in total. The highest BCUT2D eigenvalue weighted by molar-refractivity contribution is 7.98. The molecule has 0 saturated carbocycles. The zero-order chi connectivity index (χ0) is 9.14. The van der Waals surface area contributed by atoms with Crippen LogP contribution in [0.1, 0.15) is 0 Å². The number of halogens is 2. The van der Waals surface area contributed by atoms with E-state index in [1.54, 1.807) is 18.4 Å². The minimum atomic E-state index is -0.391. The second-order valence-electron chi connectivity index (χ2n) is 2.10. The molecule has 4 heteroatoms. The standard InChI is InChI=1S/C8H8ClFOS/c1-11-8-5(9)3-4-6(12-2)7(8)10/h3-4H,1-2H3. The van der Waals surface area contributed by atoms with Gasteiger partial charge in [0.1, 0.15) is 0 Å². The maximum atomic E-state index is 13.3. The molecular formula is C8H8ClFOS. The normalized spacial score (nSPS) is 10.0. The lowest BCUT2D eigenvalue weighted by Gasteiger charge is -2.06. The van der Waals surface area contributed by atoms with E-state index in [0.717, 1.165) is 0 Å². The van der Waals surface area contributed by atoms with E-state index in [1.165, 1.54) is 18.9 Å². The molecule has 0 atom stereocenters. The average Bonchev–Trinajstić information content (AvgIpc) is 2.06. The highest BCUT2D eigenvalue weighted by atomic mass is 35.5. The van der Waals surface area contributed by atoms with E-state index < -0.39 is 5.82 Å². The number of ether oxygens (including phenoxy) is 1. The Morgan fingerprint density at radius 1 is 1.50 bits per heavy atom. The Morgan fingerprint density at radius 3 is 2.67 bits per heavy atom. The molecule has 0 amide bonds. The first kappa shape index (κ1) is 9.68. The lowest BCUT2D eigenvalue weighted by atomic mass is 10.3. The first-order valence-corrected chi connectivity index (χ1v) is 4.87. The summed E-state index contributed by atoms with van der Waals surface area (Å²) in [5, 5.41) is 0.299. The number of hydrogen-bond donors (Lipinski definition) is 0. The van der Waals surface area contributed by atoms with Gasteiger partial charge in [0.2, 0.25) is 0 Å². The number of benzene rings is 1. The Labute approximate surface area is 79.9 Å². The number of rotatable bonds is 2. The van der Waals surface area contributed by atoms with E-state index in [9.17, 15) is 4.39 Å². The molecule has 0 aliphatic heterocycles. The van der Waals surface area contributed by atoms with Crippen molar-refractivity contribution in [3.8, 4) is 5.75 Å². The minimum absolute atomic E-state index is 0.114. The number of hydrogen-bond acceptors (Lipinski definition) is 2. The first-order valence-electron chi connectivity index (χ1n) is 3.26. The van der Waals surface area contributed by atoms with Crippen molar-refractivity contribution in [2.24, 2.45) is 0 Å². The van der Waals surface area contributed by atoms with Gasteiger partial charge in [-0.1, -0.05) is 11.6 Å². The second kappa shape index (κ2) is 4.01. The average molecular weight is 207 g/mol. The SMILES string of the molecule is COc1c(Cl)ccc(SC)c1F. The van der Waals surface area contributed by atoms with Crippen molar-refractivity contribution in [2.75, 3.05) is 13.4 Å². The van der Waals surface area contributed by atoms with Crippen molar-refractivity contribution in [3.63, 3.8) is 0 Å². The summed E-state index contributed by atoms with van der Waals surface area (Å²) in [6.45, 7) is 0. The molecule has 0 aliphatic rings. The lowest BCUT2D eigenvalue weighted by molar-refractivity contribution is 0.382. The van der Waals surface area contributed by atoms with Gasteiger partial charge in [-0.05, 0) is 18.4 Å². The van der Waals surface area contributed by atoms with E-state index >= 15 is 0 Å². The molecule has 0 spiro atoms. The summed E-state index contributed by atoms with van der Waals surface area (Å²) in [7, 11) is 1.40. The molecule has 12 heavy (non-hydrogen) atoms. The largest absolute Gasteiger partial charge is 0.492 e. The molecule has 0 fully saturated rings. The van der Waals surface area contributed by atoms with Crippen molar-refractivity contribution in [1.82, 2.24) is 0 Å². The molecule has 1 aromatic rings. The fourth-order valence-electron chi connectivity index (χ4n) is 0.859. The van der Waals surface area contributed by atoms with Gasteiger partial charge in [-0.3, -0.25) is 0 Å². The topological polar surface area (TPSA) is 9.23 Å². The molecule has 0 radical (unpaired) electrons. The summed E-state index contributed by atoms with van der Waals surface area (Å²) in [6.07, 6.45) is 1.80. The van der Waals surface area contributed by atoms with Crippen molar-refractivity contribution in [1.29, 1.82) is 0 Å². The third-order valence-corrected chi connectivity index (χ3v) is 2.49. The summed E-state index contributed by atoms with van der Waals surface area (Å²) in [4.78, 5) is 0.538. The number of methoxy groups -OCH3 is 1. The van der Waals surface area contributed by atoms with Gasteiger partial charge >= 0.3 is 0 Å². The van der Waals surface area contributed by atoms with Gasteiger partial charge in [-0.25, -0.2) is 4.39 Å². The molecule has 0 aliphatic carbocycles. The summed E-state index contributed by atoms with van der Waals surface area (Å²) < 4.78 is 18.1. The zero-order valence-electron chi connectivity index (χ0n) is 6.73. The molecule has 0 unspecified atom stereocenters. The Bertz CT molecular complexity index is 291. The quantitative estimate of drug-likeness (QED) is 0.688. The lowest BCUT2D eigenvalue weighted by Crippen LogP contribution is -1.90. The van der Waals surface area contributed by atoms with Crippen LogP contribution in [0.3, 0.4) is 0 Å². The van der Waals surface area contributed by atoms with Gasteiger partial charge in [0.15, 0.2) is 11.6 Å². The Kier molecular flexibility index (Phi) is 3.23. The molecule has 1 rings (SSSR count). The zero-order valence-corrected chi connectivity index (χ0v) is 8.30. The molecular weight excluding hydrogens is 199 g/mol. The van der Waals surface area contributed by atoms with Crippen molar-refractivity contribution >= 4 is 23.4 Å². The van der Waals surface area contributed by atoms with E-state index in [4.69, 9.17) is 16.3 Å². The van der Waals surface area contributed by atoms with Crippen LogP contribution in [0.5, 0.6) is 5.75 Å². The van der Waals surface area contributed by atoms with E-state index in [1.807, 2.05) is 0 Å². The fourth-order valence-corrected chi connectivity index (χ4v) is 1.56. The van der Waals surface area contributed by atoms with Crippen LogP contribution >= 0.6 is 23.4 Å². The summed E-state index contributed by atoms with van der Waals surface area (Å²) in [6, 6.07) is 3.25. The van der Waals surface area contributed by atoms with Crippen molar-refractivity contribution in [3.05, 3.63) is 23.0 Å². The van der Waals surface area contributed by atoms with E-state index in [2.05, 4.69) is 0 Å². The highest BCUT2D eigenvalue weighted by Gasteiger charge is 2.11. The van der Waals surface area contributed by atoms with Gasteiger partial charge in [-0.15, -0.1) is 11.8 Å². The number of thioether (sulfide) groups is 1. The Hall–Kier alpha value is -0.410. The predicted molar refractivity (Wildman–Crippen MR) is 49.7 cm³/mol. The molecule has 66 valence electrons. The van der Waals surface area contributed by atoms with E-state index in [-0.39, 0.29) is 5.75 Å². The third-order valence-electron chi connectivity index (χ3n) is 1.44. The molecule has 1 aromatic carbocycles. The summed E-state index contributed by atoms with van der Waals surface area (Å²) in [5.41, 5.74) is 0. The third kappa shape index (κ3) is 1.67. The predicted octanol–water partition coefficient (Wildman–Crippen LogP) is 3.21. The van der Waals surface area contributed by atoms with Crippen LogP contribution in [-0.4, -0.2) is 13.4 Å². The van der Waals surface area contributed by atoms with Crippen LogP contribution in [0.4, 0.5) is 4.39 Å². The van der Waals surface area contributed by atoms with Gasteiger partial charge in [0.05, 0.1) is 12.1 Å².